The van der Waals surface area contributed by atoms with Gasteiger partial charge in [-0.3, -0.25) is 4.79 Å². The fraction of sp³-hybridized carbons (Fsp3) is 0.667. The van der Waals surface area contributed by atoms with Crippen LogP contribution in [0.1, 0.15) is 32.9 Å². The maximum atomic E-state index is 11.3. The van der Waals surface area contributed by atoms with Crippen LogP contribution in [-0.4, -0.2) is 33.4 Å². The summed E-state index contributed by atoms with van der Waals surface area (Å²) in [5.41, 5.74) is -0.0830. The fourth-order valence-electron chi connectivity index (χ4n) is 1.80. The van der Waals surface area contributed by atoms with Gasteiger partial charge < -0.3 is 14.8 Å². The van der Waals surface area contributed by atoms with Crippen LogP contribution in [0.25, 0.3) is 0 Å². The van der Waals surface area contributed by atoms with E-state index in [4.69, 9.17) is 4.42 Å². The van der Waals surface area contributed by atoms with Gasteiger partial charge >= 0.3 is 5.97 Å². The number of hydrogen-bond donors (Lipinski definition) is 2. The Kier molecular flexibility index (Phi) is 5.22. The number of oxazole rings is 1. The Morgan fingerprint density at radius 3 is 2.83 bits per heavy atom. The van der Waals surface area contributed by atoms with Gasteiger partial charge in [0.25, 0.3) is 5.22 Å². The van der Waals surface area contributed by atoms with E-state index in [0.29, 0.717) is 18.2 Å². The van der Waals surface area contributed by atoms with Crippen molar-refractivity contribution in [2.45, 2.75) is 50.1 Å². The Bertz CT molecular complexity index is 408. The van der Waals surface area contributed by atoms with Crippen molar-refractivity contribution in [1.82, 2.24) is 10.3 Å². The highest BCUT2D eigenvalue weighted by molar-refractivity contribution is 7.99. The van der Waals surface area contributed by atoms with E-state index < -0.39 is 11.5 Å². The van der Waals surface area contributed by atoms with Crippen LogP contribution in [0.4, 0.5) is 0 Å². The summed E-state index contributed by atoms with van der Waals surface area (Å²) in [6.07, 6.45) is 2.10. The molecule has 0 aliphatic heterocycles. The second kappa shape index (κ2) is 6.24. The molecule has 0 aromatic carbocycles. The minimum Gasteiger partial charge on any atom is -0.480 e. The first-order chi connectivity index (χ1) is 8.37. The molecule has 0 amide bonds. The number of aliphatic carboxylic acids is 1. The van der Waals surface area contributed by atoms with Crippen LogP contribution >= 0.6 is 11.8 Å². The maximum Gasteiger partial charge on any atom is 0.323 e. The van der Waals surface area contributed by atoms with Gasteiger partial charge in [0.2, 0.25) is 0 Å². The number of nitrogens with one attached hydrogen (secondary N) is 1. The molecule has 1 heterocycles. The minimum absolute atomic E-state index is 0.100. The van der Waals surface area contributed by atoms with E-state index >= 15 is 0 Å². The van der Waals surface area contributed by atoms with E-state index in [0.717, 1.165) is 5.69 Å². The Hall–Kier alpha value is -1.01. The second-order valence-electron chi connectivity index (χ2n) is 4.55. The molecule has 0 aliphatic carbocycles. The number of rotatable bonds is 7. The van der Waals surface area contributed by atoms with E-state index in [1.54, 1.807) is 13.2 Å². The summed E-state index contributed by atoms with van der Waals surface area (Å²) in [7, 11) is 0. The molecular formula is C12H20N2O3S. The van der Waals surface area contributed by atoms with Crippen LogP contribution in [0.2, 0.25) is 0 Å². The third-order valence-corrected chi connectivity index (χ3v) is 3.59. The van der Waals surface area contributed by atoms with E-state index in [1.807, 2.05) is 20.8 Å². The second-order valence-corrected chi connectivity index (χ2v) is 5.94. The van der Waals surface area contributed by atoms with Crippen molar-refractivity contribution in [2.24, 2.45) is 0 Å². The Morgan fingerprint density at radius 2 is 2.39 bits per heavy atom. The fourth-order valence-corrected chi connectivity index (χ4v) is 2.86. The van der Waals surface area contributed by atoms with Gasteiger partial charge in [0.1, 0.15) is 11.8 Å². The van der Waals surface area contributed by atoms with Gasteiger partial charge in [-0.15, -0.1) is 0 Å². The molecule has 102 valence electrons. The van der Waals surface area contributed by atoms with Gasteiger partial charge in [-0.25, -0.2) is 4.98 Å². The summed E-state index contributed by atoms with van der Waals surface area (Å²) in [6.45, 7) is 8.06. The van der Waals surface area contributed by atoms with Crippen molar-refractivity contribution in [2.75, 3.05) is 6.54 Å². The average Bonchev–Trinajstić information content (AvgIpc) is 2.63. The standard InChI is InChI=1S/C12H20N2O3S/c1-5-13-12(4,10(15)16)6-9(3)18-11-14-8(2)7-17-11/h7,9,13H,5-6H2,1-4H3,(H,15,16). The summed E-state index contributed by atoms with van der Waals surface area (Å²) in [4.78, 5) is 15.5. The zero-order valence-electron chi connectivity index (χ0n) is 11.2. The topological polar surface area (TPSA) is 75.4 Å². The lowest BCUT2D eigenvalue weighted by molar-refractivity contribution is -0.144. The van der Waals surface area contributed by atoms with Gasteiger partial charge in [-0.2, -0.15) is 0 Å². The minimum atomic E-state index is -0.914. The molecule has 2 atom stereocenters. The average molecular weight is 272 g/mol. The maximum absolute atomic E-state index is 11.3. The third-order valence-electron chi connectivity index (χ3n) is 2.63. The molecular weight excluding hydrogens is 252 g/mol. The number of aryl methyl sites for hydroxylation is 1. The first-order valence-electron chi connectivity index (χ1n) is 5.94. The lowest BCUT2D eigenvalue weighted by atomic mass is 9.96. The van der Waals surface area contributed by atoms with Gasteiger partial charge in [-0.05, 0) is 26.8 Å². The van der Waals surface area contributed by atoms with Gasteiger partial charge in [0.15, 0.2) is 0 Å². The Morgan fingerprint density at radius 1 is 1.72 bits per heavy atom. The van der Waals surface area contributed by atoms with Crippen LogP contribution in [0, 0.1) is 6.92 Å². The van der Waals surface area contributed by atoms with Crippen LogP contribution < -0.4 is 5.32 Å². The molecule has 5 nitrogen and oxygen atoms in total. The van der Waals surface area contributed by atoms with Gasteiger partial charge in [-0.1, -0.05) is 25.6 Å². The molecule has 0 saturated carbocycles. The third kappa shape index (κ3) is 4.03. The summed E-state index contributed by atoms with van der Waals surface area (Å²) >= 11 is 1.45. The molecule has 1 aromatic heterocycles. The first-order valence-corrected chi connectivity index (χ1v) is 6.82. The van der Waals surface area contributed by atoms with E-state index in [2.05, 4.69) is 10.3 Å². The Labute approximate surface area is 111 Å². The highest BCUT2D eigenvalue weighted by atomic mass is 32.2. The summed E-state index contributed by atoms with van der Waals surface area (Å²) in [5, 5.41) is 13.0. The largest absolute Gasteiger partial charge is 0.480 e. The molecule has 2 N–H and O–H groups in total. The number of likely N-dealkylation sites (N-methyl/N-ethyl adjacent to an activating group) is 1. The number of nitrogens with zero attached hydrogens (tertiary/aromatic N) is 1. The smallest absolute Gasteiger partial charge is 0.323 e. The molecule has 1 rings (SSSR count). The van der Waals surface area contributed by atoms with Crippen molar-refractivity contribution in [3.05, 3.63) is 12.0 Å². The molecule has 0 aliphatic rings. The molecule has 18 heavy (non-hydrogen) atoms. The van der Waals surface area contributed by atoms with Crippen LogP contribution in [-0.2, 0) is 4.79 Å². The van der Waals surface area contributed by atoms with Crippen molar-refractivity contribution in [1.29, 1.82) is 0 Å². The molecule has 0 bridgehead atoms. The Balaban J connectivity index is 2.61. The zero-order chi connectivity index (χ0) is 13.8. The molecule has 0 radical (unpaired) electrons. The number of thioether (sulfide) groups is 1. The van der Waals surface area contributed by atoms with Crippen LogP contribution in [0.5, 0.6) is 0 Å². The number of carboxylic acids is 1. The number of carboxylic acid groups (broad SMARTS) is 1. The molecule has 0 saturated heterocycles. The predicted octanol–water partition coefficient (Wildman–Crippen LogP) is 2.31. The van der Waals surface area contributed by atoms with E-state index in [1.165, 1.54) is 11.8 Å². The number of hydrogen-bond acceptors (Lipinski definition) is 5. The quantitative estimate of drug-likeness (QED) is 0.742. The van der Waals surface area contributed by atoms with E-state index in [9.17, 15) is 9.90 Å². The highest BCUT2D eigenvalue weighted by Crippen LogP contribution is 2.28. The highest BCUT2D eigenvalue weighted by Gasteiger charge is 2.34. The van der Waals surface area contributed by atoms with Gasteiger partial charge in [0.05, 0.1) is 5.69 Å². The van der Waals surface area contributed by atoms with Crippen molar-refractivity contribution < 1.29 is 14.3 Å². The summed E-state index contributed by atoms with van der Waals surface area (Å²) in [5.74, 6) is -0.833. The predicted molar refractivity (Wildman–Crippen MR) is 70.9 cm³/mol. The molecule has 6 heteroatoms. The van der Waals surface area contributed by atoms with Crippen molar-refractivity contribution >= 4 is 17.7 Å². The summed E-state index contributed by atoms with van der Waals surface area (Å²) < 4.78 is 5.25. The monoisotopic (exact) mass is 272 g/mol. The summed E-state index contributed by atoms with van der Waals surface area (Å²) in [6, 6.07) is 0. The molecule has 0 spiro atoms. The zero-order valence-corrected chi connectivity index (χ0v) is 12.0. The number of carbonyl (C=O) groups is 1. The van der Waals surface area contributed by atoms with Crippen molar-refractivity contribution in [3.8, 4) is 0 Å². The normalized spacial score (nSPS) is 16.2. The van der Waals surface area contributed by atoms with Crippen LogP contribution in [0.15, 0.2) is 15.9 Å². The van der Waals surface area contributed by atoms with Crippen molar-refractivity contribution in [3.63, 3.8) is 0 Å². The van der Waals surface area contributed by atoms with Crippen LogP contribution in [0.3, 0.4) is 0 Å². The lowest BCUT2D eigenvalue weighted by Gasteiger charge is -2.28. The molecule has 1 aromatic rings. The van der Waals surface area contributed by atoms with Gasteiger partial charge in [0, 0.05) is 5.25 Å². The lowest BCUT2D eigenvalue weighted by Crippen LogP contribution is -2.50. The molecule has 0 fully saturated rings. The first kappa shape index (κ1) is 15.0. The SMILES string of the molecule is CCNC(C)(CC(C)Sc1nc(C)co1)C(=O)O. The number of aromatic nitrogens is 1. The molecule has 2 unspecified atom stereocenters. The van der Waals surface area contributed by atoms with E-state index in [-0.39, 0.29) is 5.25 Å².